The zero-order valence-corrected chi connectivity index (χ0v) is 10.7. The van der Waals surface area contributed by atoms with Crippen molar-refractivity contribution in [1.82, 2.24) is 9.80 Å². The molecule has 0 saturated carbocycles. The minimum Gasteiger partial charge on any atom is -0.395 e. The van der Waals surface area contributed by atoms with Gasteiger partial charge in [0.15, 0.2) is 0 Å². The Hall–Kier alpha value is -0.860. The fourth-order valence-electron chi connectivity index (χ4n) is 2.03. The van der Waals surface area contributed by atoms with Crippen LogP contribution in [0.5, 0.6) is 0 Å². The average molecular weight is 283 g/mol. The zero-order valence-electron chi connectivity index (χ0n) is 10.7. The molecule has 8 heteroatoms. The molecule has 112 valence electrons. The monoisotopic (exact) mass is 283 g/mol. The van der Waals surface area contributed by atoms with Gasteiger partial charge in [0.05, 0.1) is 13.2 Å². The summed E-state index contributed by atoms with van der Waals surface area (Å²) in [4.78, 5) is 14.2. The van der Waals surface area contributed by atoms with E-state index in [9.17, 15) is 18.0 Å². The number of hydrogen-bond donors (Lipinski definition) is 2. The summed E-state index contributed by atoms with van der Waals surface area (Å²) in [5, 5.41) is 8.73. The van der Waals surface area contributed by atoms with E-state index in [1.165, 1.54) is 0 Å². The van der Waals surface area contributed by atoms with Crippen molar-refractivity contribution in [2.75, 3.05) is 39.3 Å². The summed E-state index contributed by atoms with van der Waals surface area (Å²) in [6, 6.07) is 0.107. The zero-order chi connectivity index (χ0) is 14.5. The molecule has 0 aliphatic carbocycles. The summed E-state index contributed by atoms with van der Waals surface area (Å²) in [5.41, 5.74) is 5.71. The molecule has 0 atom stereocenters. The van der Waals surface area contributed by atoms with Gasteiger partial charge >= 0.3 is 6.18 Å². The maximum Gasteiger partial charge on any atom is 0.406 e. The molecule has 1 aliphatic heterocycles. The van der Waals surface area contributed by atoms with Crippen molar-refractivity contribution in [2.24, 2.45) is 5.73 Å². The Balaban J connectivity index is 2.47. The molecule has 1 heterocycles. The Morgan fingerprint density at radius 1 is 1.37 bits per heavy atom. The van der Waals surface area contributed by atoms with Crippen molar-refractivity contribution < 1.29 is 23.1 Å². The molecule has 0 aromatic carbocycles. The Kier molecular flexibility index (Phi) is 6.02. The Morgan fingerprint density at radius 3 is 2.42 bits per heavy atom. The number of aliphatic hydroxyl groups excluding tert-OH is 1. The molecule has 1 rings (SSSR count). The van der Waals surface area contributed by atoms with E-state index in [0.29, 0.717) is 18.0 Å². The van der Waals surface area contributed by atoms with Gasteiger partial charge in [0.2, 0.25) is 5.91 Å². The summed E-state index contributed by atoms with van der Waals surface area (Å²) >= 11 is 0. The summed E-state index contributed by atoms with van der Waals surface area (Å²) in [6.07, 6.45) is -2.96. The van der Waals surface area contributed by atoms with E-state index in [1.807, 2.05) is 0 Å². The van der Waals surface area contributed by atoms with Crippen molar-refractivity contribution in [2.45, 2.75) is 25.1 Å². The molecule has 0 aromatic rings. The molecule has 1 fully saturated rings. The van der Waals surface area contributed by atoms with E-state index >= 15 is 0 Å². The van der Waals surface area contributed by atoms with Gasteiger partial charge in [0.1, 0.15) is 6.54 Å². The number of nitrogens with zero attached hydrogens (tertiary/aromatic N) is 2. The number of halogens is 3. The number of hydrogen-bond acceptors (Lipinski definition) is 4. The van der Waals surface area contributed by atoms with Crippen molar-refractivity contribution in [3.63, 3.8) is 0 Å². The molecule has 0 bridgehead atoms. The maximum atomic E-state index is 12.3. The largest absolute Gasteiger partial charge is 0.406 e. The minimum atomic E-state index is -4.45. The van der Waals surface area contributed by atoms with Crippen LogP contribution in [-0.2, 0) is 4.79 Å². The van der Waals surface area contributed by atoms with Crippen LogP contribution in [0.1, 0.15) is 12.8 Å². The smallest absolute Gasteiger partial charge is 0.395 e. The van der Waals surface area contributed by atoms with Gasteiger partial charge in [-0.05, 0) is 12.8 Å². The quantitative estimate of drug-likeness (QED) is 0.733. The van der Waals surface area contributed by atoms with E-state index in [0.717, 1.165) is 12.8 Å². The molecule has 0 aromatic heterocycles. The highest BCUT2D eigenvalue weighted by molar-refractivity contribution is 5.78. The lowest BCUT2D eigenvalue weighted by Gasteiger charge is -2.31. The number of amides is 1. The number of likely N-dealkylation sites (tertiary alicyclic amines) is 1. The highest BCUT2D eigenvalue weighted by Crippen LogP contribution is 2.17. The minimum absolute atomic E-state index is 0.0528. The topological polar surface area (TPSA) is 69.8 Å². The summed E-state index contributed by atoms with van der Waals surface area (Å²) in [5.74, 6) is -0.609. The third-order valence-electron chi connectivity index (χ3n) is 3.08. The molecule has 5 nitrogen and oxygen atoms in total. The van der Waals surface area contributed by atoms with Crippen LogP contribution in [-0.4, -0.2) is 72.4 Å². The third-order valence-corrected chi connectivity index (χ3v) is 3.08. The number of aliphatic hydroxyl groups is 1. The van der Waals surface area contributed by atoms with Crippen molar-refractivity contribution in [1.29, 1.82) is 0 Å². The predicted molar refractivity (Wildman–Crippen MR) is 63.4 cm³/mol. The van der Waals surface area contributed by atoms with Gasteiger partial charge in [-0.2, -0.15) is 13.2 Å². The highest BCUT2D eigenvalue weighted by atomic mass is 19.4. The van der Waals surface area contributed by atoms with E-state index in [-0.39, 0.29) is 19.1 Å². The first-order valence-electron chi connectivity index (χ1n) is 6.25. The second-order valence-electron chi connectivity index (χ2n) is 4.77. The first-order valence-corrected chi connectivity index (χ1v) is 6.25. The van der Waals surface area contributed by atoms with Gasteiger partial charge in [-0.3, -0.25) is 9.69 Å². The van der Waals surface area contributed by atoms with Gasteiger partial charge in [-0.15, -0.1) is 0 Å². The average Bonchev–Trinajstić information content (AvgIpc) is 2.30. The molecule has 1 aliphatic rings. The Labute approximate surface area is 110 Å². The van der Waals surface area contributed by atoms with Crippen LogP contribution in [0.2, 0.25) is 0 Å². The molecule has 1 saturated heterocycles. The Bertz CT molecular complexity index is 291. The Morgan fingerprint density at radius 2 is 1.95 bits per heavy atom. The van der Waals surface area contributed by atoms with Gasteiger partial charge in [-0.1, -0.05) is 0 Å². The van der Waals surface area contributed by atoms with Crippen molar-refractivity contribution in [3.05, 3.63) is 0 Å². The number of carbonyl (C=O) groups is 1. The lowest BCUT2D eigenvalue weighted by molar-refractivity contribution is -0.162. The molecular weight excluding hydrogens is 263 g/mol. The lowest BCUT2D eigenvalue weighted by atomic mass is 10.1. The van der Waals surface area contributed by atoms with E-state index < -0.39 is 25.2 Å². The lowest BCUT2D eigenvalue weighted by Crippen LogP contribution is -2.48. The number of rotatable bonds is 5. The van der Waals surface area contributed by atoms with Gasteiger partial charge in [-0.25, -0.2) is 0 Å². The highest BCUT2D eigenvalue weighted by Gasteiger charge is 2.33. The number of piperidine rings is 1. The fourth-order valence-corrected chi connectivity index (χ4v) is 2.03. The molecular formula is C11H20F3N3O2. The van der Waals surface area contributed by atoms with Crippen molar-refractivity contribution >= 4 is 5.91 Å². The van der Waals surface area contributed by atoms with Crippen LogP contribution >= 0.6 is 0 Å². The van der Waals surface area contributed by atoms with Crippen LogP contribution in [0, 0.1) is 0 Å². The van der Waals surface area contributed by atoms with E-state index in [4.69, 9.17) is 10.8 Å². The molecule has 0 unspecified atom stereocenters. The summed E-state index contributed by atoms with van der Waals surface area (Å²) in [7, 11) is 0. The predicted octanol–water partition coefficient (Wildman–Crippen LogP) is -0.207. The summed E-state index contributed by atoms with van der Waals surface area (Å²) < 4.78 is 36.9. The standard InChI is InChI=1S/C11H20F3N3O2/c12-11(13,14)8-17(5-6-18)10(19)7-16-3-1-9(15)2-4-16/h9,18H,1-8,15H2. The van der Waals surface area contributed by atoms with Crippen LogP contribution < -0.4 is 5.73 Å². The second kappa shape index (κ2) is 7.06. The number of alkyl halides is 3. The van der Waals surface area contributed by atoms with Gasteiger partial charge < -0.3 is 15.7 Å². The van der Waals surface area contributed by atoms with Crippen LogP contribution in [0.4, 0.5) is 13.2 Å². The summed E-state index contributed by atoms with van der Waals surface area (Å²) in [6.45, 7) is -0.918. The first kappa shape index (κ1) is 16.2. The first-order chi connectivity index (χ1) is 8.81. The SMILES string of the molecule is NC1CCN(CC(=O)N(CCO)CC(F)(F)F)CC1. The number of carbonyl (C=O) groups excluding carboxylic acids is 1. The van der Waals surface area contributed by atoms with Crippen molar-refractivity contribution in [3.8, 4) is 0 Å². The van der Waals surface area contributed by atoms with Gasteiger partial charge in [0.25, 0.3) is 0 Å². The second-order valence-corrected chi connectivity index (χ2v) is 4.77. The molecule has 0 radical (unpaired) electrons. The van der Waals surface area contributed by atoms with E-state index in [2.05, 4.69) is 0 Å². The molecule has 1 amide bonds. The normalized spacial score (nSPS) is 18.6. The molecule has 3 N–H and O–H groups in total. The van der Waals surface area contributed by atoms with Crippen LogP contribution in [0.15, 0.2) is 0 Å². The van der Waals surface area contributed by atoms with Gasteiger partial charge in [0, 0.05) is 25.7 Å². The number of nitrogens with two attached hydrogens (primary N) is 1. The van der Waals surface area contributed by atoms with E-state index in [1.54, 1.807) is 4.90 Å². The fraction of sp³-hybridized carbons (Fsp3) is 0.909. The van der Waals surface area contributed by atoms with Crippen LogP contribution in [0.3, 0.4) is 0 Å². The third kappa shape index (κ3) is 6.22. The maximum absolute atomic E-state index is 12.3. The van der Waals surface area contributed by atoms with Crippen LogP contribution in [0.25, 0.3) is 0 Å². The molecule has 0 spiro atoms. The molecule has 19 heavy (non-hydrogen) atoms.